The van der Waals surface area contributed by atoms with Gasteiger partial charge in [0.2, 0.25) is 5.91 Å². The van der Waals surface area contributed by atoms with Gasteiger partial charge in [-0.1, -0.05) is 24.3 Å². The molecule has 4 rings (SSSR count). The van der Waals surface area contributed by atoms with Crippen molar-refractivity contribution in [3.8, 4) is 5.75 Å². The Kier molecular flexibility index (Phi) is 6.51. The van der Waals surface area contributed by atoms with Crippen LogP contribution in [0, 0.1) is 3.57 Å². The lowest BCUT2D eigenvalue weighted by molar-refractivity contribution is -0.136. The Morgan fingerprint density at radius 3 is 2.45 bits per heavy atom. The van der Waals surface area contributed by atoms with E-state index in [1.54, 1.807) is 23.1 Å². The van der Waals surface area contributed by atoms with Gasteiger partial charge in [0, 0.05) is 31.9 Å². The van der Waals surface area contributed by atoms with Gasteiger partial charge in [0.25, 0.3) is 11.1 Å². The minimum Gasteiger partial charge on any atom is -0.507 e. The van der Waals surface area contributed by atoms with Crippen LogP contribution >= 0.6 is 34.4 Å². The summed E-state index contributed by atoms with van der Waals surface area (Å²) in [5.74, 6) is -0.534. The molecule has 0 unspecified atom stereocenters. The third-order valence-corrected chi connectivity index (χ3v) is 6.96. The third-order valence-electron chi connectivity index (χ3n) is 5.19. The highest BCUT2D eigenvalue weighted by Crippen LogP contribution is 2.33. The van der Waals surface area contributed by atoms with Gasteiger partial charge in [-0.3, -0.25) is 19.3 Å². The first kappa shape index (κ1) is 21.7. The van der Waals surface area contributed by atoms with E-state index < -0.39 is 11.1 Å². The van der Waals surface area contributed by atoms with E-state index in [4.69, 9.17) is 0 Å². The zero-order valence-electron chi connectivity index (χ0n) is 16.5. The Balaban J connectivity index is 1.37. The van der Waals surface area contributed by atoms with Gasteiger partial charge in [0.05, 0.1) is 8.48 Å². The minimum absolute atomic E-state index is 0.156. The molecule has 31 heavy (non-hydrogen) atoms. The third kappa shape index (κ3) is 4.87. The van der Waals surface area contributed by atoms with Crippen LogP contribution in [0.5, 0.6) is 5.75 Å². The van der Waals surface area contributed by atoms with Crippen molar-refractivity contribution in [2.75, 3.05) is 37.6 Å². The maximum absolute atomic E-state index is 12.7. The lowest BCUT2D eigenvalue weighted by atomic mass is 10.2. The van der Waals surface area contributed by atoms with Crippen LogP contribution in [0.4, 0.5) is 10.5 Å². The number of hydrogen-bond donors (Lipinski definition) is 1. The molecule has 0 atom stereocenters. The van der Waals surface area contributed by atoms with Gasteiger partial charge in [-0.2, -0.15) is 0 Å². The van der Waals surface area contributed by atoms with Gasteiger partial charge in [0.15, 0.2) is 0 Å². The number of imide groups is 1. The van der Waals surface area contributed by atoms with Gasteiger partial charge in [0.1, 0.15) is 12.3 Å². The average Bonchev–Trinajstić information content (AvgIpc) is 3.04. The number of halogens is 1. The molecule has 0 radical (unpaired) electrons. The molecule has 2 aromatic rings. The molecule has 2 aromatic carbocycles. The fourth-order valence-corrected chi connectivity index (χ4v) is 4.87. The van der Waals surface area contributed by atoms with E-state index in [2.05, 4.69) is 4.90 Å². The van der Waals surface area contributed by atoms with E-state index in [0.29, 0.717) is 35.3 Å². The minimum atomic E-state index is -0.464. The number of benzene rings is 2. The smallest absolute Gasteiger partial charge is 0.294 e. The number of amides is 3. The number of nitrogens with zero attached hydrogens (tertiary/aromatic N) is 3. The standard InChI is InChI=1S/C22H20IN3O4S/c23-17-12-15(6-7-18(17)27)13-19-21(29)26(22(30)31-19)14-20(28)25-10-8-24(9-11-25)16-4-2-1-3-5-16/h1-7,12-13,27H,8-11,14H2/b19-13-. The molecule has 2 fully saturated rings. The molecule has 1 N–H and O–H groups in total. The van der Waals surface area contributed by atoms with Crippen LogP contribution in [0.2, 0.25) is 0 Å². The van der Waals surface area contributed by atoms with Crippen LogP contribution in [-0.2, 0) is 9.59 Å². The van der Waals surface area contributed by atoms with Crippen LogP contribution in [0.3, 0.4) is 0 Å². The summed E-state index contributed by atoms with van der Waals surface area (Å²) in [6, 6.07) is 15.0. The molecule has 9 heteroatoms. The molecule has 0 spiro atoms. The number of phenols is 1. The zero-order chi connectivity index (χ0) is 22.0. The molecule has 0 bridgehead atoms. The summed E-state index contributed by atoms with van der Waals surface area (Å²) in [5, 5.41) is 9.19. The van der Waals surface area contributed by atoms with Crippen molar-refractivity contribution in [3.63, 3.8) is 0 Å². The molecular weight excluding hydrogens is 529 g/mol. The number of aromatic hydroxyl groups is 1. The second-order valence-electron chi connectivity index (χ2n) is 7.18. The van der Waals surface area contributed by atoms with Gasteiger partial charge in [-0.05, 0) is 70.3 Å². The highest BCUT2D eigenvalue weighted by Gasteiger charge is 2.37. The maximum Gasteiger partial charge on any atom is 0.294 e. The maximum atomic E-state index is 12.7. The van der Waals surface area contributed by atoms with Crippen molar-refractivity contribution in [1.82, 2.24) is 9.80 Å². The van der Waals surface area contributed by atoms with E-state index in [1.807, 2.05) is 52.9 Å². The Morgan fingerprint density at radius 1 is 1.06 bits per heavy atom. The van der Waals surface area contributed by atoms with Crippen LogP contribution in [-0.4, -0.2) is 64.7 Å². The van der Waals surface area contributed by atoms with Crippen molar-refractivity contribution < 1.29 is 19.5 Å². The molecule has 7 nitrogen and oxygen atoms in total. The monoisotopic (exact) mass is 549 g/mol. The Labute approximate surface area is 197 Å². The number of carbonyl (C=O) groups is 3. The van der Waals surface area contributed by atoms with E-state index in [9.17, 15) is 19.5 Å². The second kappa shape index (κ2) is 9.31. The van der Waals surface area contributed by atoms with Crippen LogP contribution < -0.4 is 4.90 Å². The number of thioether (sulfide) groups is 1. The average molecular weight is 549 g/mol. The summed E-state index contributed by atoms with van der Waals surface area (Å²) >= 11 is 2.82. The Bertz CT molecular complexity index is 1050. The van der Waals surface area contributed by atoms with E-state index in [1.165, 1.54) is 6.07 Å². The van der Waals surface area contributed by atoms with Crippen molar-refractivity contribution in [1.29, 1.82) is 0 Å². The molecule has 2 aliphatic rings. The Hall–Kier alpha value is -2.53. The van der Waals surface area contributed by atoms with E-state index in [0.717, 1.165) is 22.3 Å². The van der Waals surface area contributed by atoms with Gasteiger partial charge >= 0.3 is 0 Å². The molecule has 2 saturated heterocycles. The zero-order valence-corrected chi connectivity index (χ0v) is 19.5. The lowest BCUT2D eigenvalue weighted by Crippen LogP contribution is -2.51. The summed E-state index contributed by atoms with van der Waals surface area (Å²) in [5.41, 5.74) is 1.82. The first-order chi connectivity index (χ1) is 14.9. The quantitative estimate of drug-likeness (QED) is 0.466. The molecule has 160 valence electrons. The van der Waals surface area contributed by atoms with Crippen molar-refractivity contribution in [2.45, 2.75) is 0 Å². The SMILES string of the molecule is O=C(CN1C(=O)S/C(=C\c2ccc(O)c(I)c2)C1=O)N1CCN(c2ccccc2)CC1. The van der Waals surface area contributed by atoms with Crippen LogP contribution in [0.15, 0.2) is 53.4 Å². The topological polar surface area (TPSA) is 81.2 Å². The molecule has 2 heterocycles. The summed E-state index contributed by atoms with van der Waals surface area (Å²) < 4.78 is 0.649. The highest BCUT2D eigenvalue weighted by molar-refractivity contribution is 14.1. The predicted octanol–water partition coefficient (Wildman–Crippen LogP) is 3.38. The molecule has 0 aromatic heterocycles. The molecule has 0 saturated carbocycles. The van der Waals surface area contributed by atoms with E-state index in [-0.39, 0.29) is 23.1 Å². The van der Waals surface area contributed by atoms with Crippen molar-refractivity contribution in [3.05, 3.63) is 62.6 Å². The number of hydrogen-bond acceptors (Lipinski definition) is 6. The van der Waals surface area contributed by atoms with E-state index >= 15 is 0 Å². The fraction of sp³-hybridized carbons (Fsp3) is 0.227. The first-order valence-electron chi connectivity index (χ1n) is 9.74. The van der Waals surface area contributed by atoms with Crippen molar-refractivity contribution >= 4 is 63.2 Å². The van der Waals surface area contributed by atoms with Crippen molar-refractivity contribution in [2.24, 2.45) is 0 Å². The van der Waals surface area contributed by atoms with Crippen LogP contribution in [0.25, 0.3) is 6.08 Å². The molecule has 3 amide bonds. The fourth-order valence-electron chi connectivity index (χ4n) is 3.49. The number of piperazine rings is 1. The Morgan fingerprint density at radius 2 is 1.77 bits per heavy atom. The molecule has 2 aliphatic heterocycles. The first-order valence-corrected chi connectivity index (χ1v) is 11.6. The van der Waals surface area contributed by atoms with Gasteiger partial charge < -0.3 is 14.9 Å². The highest BCUT2D eigenvalue weighted by atomic mass is 127. The van der Waals surface area contributed by atoms with Gasteiger partial charge in [-0.25, -0.2) is 0 Å². The summed E-state index contributed by atoms with van der Waals surface area (Å²) in [4.78, 5) is 43.0. The second-order valence-corrected chi connectivity index (χ2v) is 9.34. The number of phenolic OH excluding ortho intramolecular Hbond substituents is 1. The number of carbonyl (C=O) groups excluding carboxylic acids is 3. The largest absolute Gasteiger partial charge is 0.507 e. The lowest BCUT2D eigenvalue weighted by Gasteiger charge is -2.36. The normalized spacial score (nSPS) is 18.2. The predicted molar refractivity (Wildman–Crippen MR) is 129 cm³/mol. The number of rotatable bonds is 4. The summed E-state index contributed by atoms with van der Waals surface area (Å²) in [7, 11) is 0. The van der Waals surface area contributed by atoms with Crippen LogP contribution in [0.1, 0.15) is 5.56 Å². The number of anilines is 1. The van der Waals surface area contributed by atoms with Gasteiger partial charge in [-0.15, -0.1) is 0 Å². The number of para-hydroxylation sites is 1. The summed E-state index contributed by atoms with van der Waals surface area (Å²) in [6.45, 7) is 2.26. The summed E-state index contributed by atoms with van der Waals surface area (Å²) in [6.07, 6.45) is 1.61. The molecule has 0 aliphatic carbocycles. The molecular formula is C22H20IN3O4S.